The maximum absolute atomic E-state index is 11.4. The summed E-state index contributed by atoms with van der Waals surface area (Å²) in [5.74, 6) is -1.13. The van der Waals surface area contributed by atoms with Gasteiger partial charge in [0.05, 0.1) is 6.61 Å². The summed E-state index contributed by atoms with van der Waals surface area (Å²) < 4.78 is 4.85. The van der Waals surface area contributed by atoms with Crippen molar-refractivity contribution in [3.05, 3.63) is 12.2 Å². The zero-order valence-electron chi connectivity index (χ0n) is 8.87. The summed E-state index contributed by atoms with van der Waals surface area (Å²) in [6, 6.07) is 0. The van der Waals surface area contributed by atoms with Crippen LogP contribution in [0.2, 0.25) is 0 Å². The minimum atomic E-state index is -0.602. The van der Waals surface area contributed by atoms with E-state index in [0.29, 0.717) is 13.0 Å². The summed E-state index contributed by atoms with van der Waals surface area (Å²) in [5, 5.41) is 0. The number of ether oxygens (including phenoxy) is 1. The van der Waals surface area contributed by atoms with Crippen LogP contribution in [0.5, 0.6) is 0 Å². The zero-order chi connectivity index (χ0) is 10.8. The van der Waals surface area contributed by atoms with Gasteiger partial charge in [-0.3, -0.25) is 9.59 Å². The van der Waals surface area contributed by atoms with Gasteiger partial charge in [-0.05, 0) is 24.8 Å². The lowest BCUT2D eigenvalue weighted by atomic mass is 9.76. The number of carbonyl (C=O) groups excluding carboxylic acids is 2. The molecule has 0 saturated carbocycles. The highest BCUT2D eigenvalue weighted by Crippen LogP contribution is 2.32. The van der Waals surface area contributed by atoms with Crippen LogP contribution in [0.1, 0.15) is 27.2 Å². The van der Waals surface area contributed by atoms with E-state index in [2.05, 4.69) is 0 Å². The van der Waals surface area contributed by atoms with Crippen molar-refractivity contribution in [2.45, 2.75) is 27.2 Å². The first-order valence-electron chi connectivity index (χ1n) is 4.86. The molecule has 3 heteroatoms. The van der Waals surface area contributed by atoms with Crippen molar-refractivity contribution in [3.63, 3.8) is 0 Å². The maximum Gasteiger partial charge on any atom is 0.316 e. The molecule has 0 saturated heterocycles. The zero-order valence-corrected chi connectivity index (χ0v) is 8.87. The minimum Gasteiger partial charge on any atom is -0.465 e. The Kier molecular flexibility index (Phi) is 3.09. The van der Waals surface area contributed by atoms with Gasteiger partial charge < -0.3 is 4.74 Å². The fraction of sp³-hybridized carbons (Fsp3) is 0.636. The van der Waals surface area contributed by atoms with Gasteiger partial charge in [0.1, 0.15) is 5.92 Å². The fourth-order valence-electron chi connectivity index (χ4n) is 1.56. The Hall–Kier alpha value is -1.12. The first kappa shape index (κ1) is 11.0. The second kappa shape index (κ2) is 3.95. The summed E-state index contributed by atoms with van der Waals surface area (Å²) in [6.07, 6.45) is 3.89. The molecule has 0 heterocycles. The highest BCUT2D eigenvalue weighted by atomic mass is 16.5. The van der Waals surface area contributed by atoms with E-state index in [4.69, 9.17) is 4.74 Å². The molecule has 1 atom stereocenters. The quantitative estimate of drug-likeness (QED) is 0.499. The molecule has 0 radical (unpaired) electrons. The number of allylic oxidation sites excluding steroid dienone is 2. The van der Waals surface area contributed by atoms with Gasteiger partial charge in [0.15, 0.2) is 5.78 Å². The molecule has 0 aliphatic heterocycles. The van der Waals surface area contributed by atoms with Crippen LogP contribution in [0.15, 0.2) is 12.2 Å². The summed E-state index contributed by atoms with van der Waals surface area (Å²) in [7, 11) is 0. The summed E-state index contributed by atoms with van der Waals surface area (Å²) in [5.41, 5.74) is -0.0919. The molecule has 0 aromatic carbocycles. The first-order chi connectivity index (χ1) is 6.46. The predicted molar refractivity (Wildman–Crippen MR) is 52.7 cm³/mol. The third kappa shape index (κ3) is 2.44. The molecule has 3 nitrogen and oxygen atoms in total. The van der Waals surface area contributed by atoms with Gasteiger partial charge in [0.2, 0.25) is 0 Å². The summed E-state index contributed by atoms with van der Waals surface area (Å²) >= 11 is 0. The van der Waals surface area contributed by atoms with Crippen molar-refractivity contribution in [1.29, 1.82) is 0 Å². The van der Waals surface area contributed by atoms with Crippen molar-refractivity contribution in [2.24, 2.45) is 11.3 Å². The molecule has 1 aliphatic carbocycles. The molecule has 0 amide bonds. The Morgan fingerprint density at radius 1 is 1.64 bits per heavy atom. The molecule has 0 N–H and O–H groups in total. The van der Waals surface area contributed by atoms with Gasteiger partial charge in [0.25, 0.3) is 0 Å². The first-order valence-corrected chi connectivity index (χ1v) is 4.86. The second-order valence-electron chi connectivity index (χ2n) is 4.23. The molecule has 14 heavy (non-hydrogen) atoms. The highest BCUT2D eigenvalue weighted by molar-refractivity contribution is 6.05. The monoisotopic (exact) mass is 196 g/mol. The third-order valence-electron chi connectivity index (χ3n) is 2.34. The van der Waals surface area contributed by atoms with E-state index in [1.165, 1.54) is 6.08 Å². The van der Waals surface area contributed by atoms with Crippen molar-refractivity contribution in [2.75, 3.05) is 6.61 Å². The van der Waals surface area contributed by atoms with E-state index >= 15 is 0 Å². The SMILES string of the molecule is CCOC(=O)C1CC(C)(C)C=CC1=O. The van der Waals surface area contributed by atoms with Crippen LogP contribution in [0.25, 0.3) is 0 Å². The summed E-state index contributed by atoms with van der Waals surface area (Å²) in [4.78, 5) is 22.8. The van der Waals surface area contributed by atoms with Crippen molar-refractivity contribution in [1.82, 2.24) is 0 Å². The molecule has 78 valence electrons. The minimum absolute atomic E-state index is 0.0919. The Balaban J connectivity index is 2.76. The Morgan fingerprint density at radius 3 is 2.86 bits per heavy atom. The molecule has 0 spiro atoms. The van der Waals surface area contributed by atoms with Crippen LogP contribution < -0.4 is 0 Å². The average molecular weight is 196 g/mol. The molecule has 0 aromatic heterocycles. The van der Waals surface area contributed by atoms with E-state index in [1.54, 1.807) is 6.92 Å². The van der Waals surface area contributed by atoms with Gasteiger partial charge in [-0.1, -0.05) is 19.9 Å². The van der Waals surface area contributed by atoms with Gasteiger partial charge in [0, 0.05) is 0 Å². The predicted octanol–water partition coefficient (Wildman–Crippen LogP) is 1.72. The van der Waals surface area contributed by atoms with Crippen molar-refractivity contribution >= 4 is 11.8 Å². The van der Waals surface area contributed by atoms with Crippen LogP contribution in [-0.2, 0) is 14.3 Å². The Labute approximate surface area is 84.1 Å². The molecular formula is C11H16O3. The lowest BCUT2D eigenvalue weighted by Crippen LogP contribution is -2.32. The van der Waals surface area contributed by atoms with Crippen molar-refractivity contribution < 1.29 is 14.3 Å². The smallest absolute Gasteiger partial charge is 0.316 e. The van der Waals surface area contributed by atoms with E-state index < -0.39 is 11.9 Å². The maximum atomic E-state index is 11.4. The van der Waals surface area contributed by atoms with Crippen LogP contribution in [0.4, 0.5) is 0 Å². The lowest BCUT2D eigenvalue weighted by Gasteiger charge is -2.28. The normalized spacial score (nSPS) is 24.8. The van der Waals surface area contributed by atoms with E-state index in [-0.39, 0.29) is 11.2 Å². The van der Waals surface area contributed by atoms with Crippen molar-refractivity contribution in [3.8, 4) is 0 Å². The highest BCUT2D eigenvalue weighted by Gasteiger charge is 2.35. The number of esters is 1. The van der Waals surface area contributed by atoms with Crippen LogP contribution in [-0.4, -0.2) is 18.4 Å². The number of rotatable bonds is 2. The third-order valence-corrected chi connectivity index (χ3v) is 2.34. The van der Waals surface area contributed by atoms with Gasteiger partial charge in [-0.25, -0.2) is 0 Å². The van der Waals surface area contributed by atoms with E-state index in [1.807, 2.05) is 19.9 Å². The molecule has 1 rings (SSSR count). The lowest BCUT2D eigenvalue weighted by molar-refractivity contribution is -0.151. The number of ketones is 1. The van der Waals surface area contributed by atoms with Gasteiger partial charge in [-0.15, -0.1) is 0 Å². The average Bonchev–Trinajstić information content (AvgIpc) is 2.10. The number of hydrogen-bond donors (Lipinski definition) is 0. The number of hydrogen-bond acceptors (Lipinski definition) is 3. The second-order valence-corrected chi connectivity index (χ2v) is 4.23. The Bertz CT molecular complexity index is 276. The topological polar surface area (TPSA) is 43.4 Å². The van der Waals surface area contributed by atoms with Crippen LogP contribution >= 0.6 is 0 Å². The molecule has 1 unspecified atom stereocenters. The summed E-state index contributed by atoms with van der Waals surface area (Å²) in [6.45, 7) is 6.07. The van der Waals surface area contributed by atoms with E-state index in [0.717, 1.165) is 0 Å². The van der Waals surface area contributed by atoms with Crippen LogP contribution in [0, 0.1) is 11.3 Å². The fourth-order valence-corrected chi connectivity index (χ4v) is 1.56. The largest absolute Gasteiger partial charge is 0.465 e. The molecule has 0 fully saturated rings. The number of carbonyl (C=O) groups is 2. The Morgan fingerprint density at radius 2 is 2.29 bits per heavy atom. The molecule has 0 aromatic rings. The standard InChI is InChI=1S/C11H16O3/c1-4-14-10(13)8-7-11(2,3)6-5-9(8)12/h5-6,8H,4,7H2,1-3H3. The molecule has 1 aliphatic rings. The van der Waals surface area contributed by atoms with Gasteiger partial charge >= 0.3 is 5.97 Å². The van der Waals surface area contributed by atoms with E-state index in [9.17, 15) is 9.59 Å². The van der Waals surface area contributed by atoms with Crippen LogP contribution in [0.3, 0.4) is 0 Å². The molecule has 0 bridgehead atoms. The van der Waals surface area contributed by atoms with Gasteiger partial charge in [-0.2, -0.15) is 0 Å². The molecular weight excluding hydrogens is 180 g/mol.